The van der Waals surface area contributed by atoms with Crippen LogP contribution in [-0.2, 0) is 18.3 Å². The molecule has 0 unspecified atom stereocenters. The zero-order valence-corrected chi connectivity index (χ0v) is 18.3. The molecular weight excluding hydrogens is 426 g/mol. The first-order valence-corrected chi connectivity index (χ1v) is 10.7. The molecule has 2 aliphatic rings. The Morgan fingerprint density at radius 3 is 2.41 bits per heavy atom. The van der Waals surface area contributed by atoms with Gasteiger partial charge in [0, 0.05) is 18.2 Å². The van der Waals surface area contributed by atoms with E-state index in [0.717, 1.165) is 11.6 Å². The lowest BCUT2D eigenvalue weighted by Gasteiger charge is -2.48. The second kappa shape index (κ2) is 7.75. The van der Waals surface area contributed by atoms with E-state index in [4.69, 9.17) is 0 Å². The molecule has 6 nitrogen and oxygen atoms in total. The van der Waals surface area contributed by atoms with Crippen molar-refractivity contribution in [1.82, 2.24) is 20.0 Å². The maximum atomic E-state index is 13.9. The molecule has 1 spiro atoms. The van der Waals surface area contributed by atoms with Crippen LogP contribution >= 0.6 is 0 Å². The Bertz CT molecular complexity index is 1010. The number of halogens is 4. The zero-order valence-electron chi connectivity index (χ0n) is 18.3. The highest BCUT2D eigenvalue weighted by Crippen LogP contribution is 2.46. The number of aromatic nitrogens is 2. The topological polar surface area (TPSA) is 53.4 Å². The van der Waals surface area contributed by atoms with Crippen molar-refractivity contribution in [3.05, 3.63) is 47.4 Å². The summed E-state index contributed by atoms with van der Waals surface area (Å²) < 4.78 is 54.7. The highest BCUT2D eigenvalue weighted by molar-refractivity contribution is 5.94. The van der Waals surface area contributed by atoms with Crippen LogP contribution in [0.25, 0.3) is 0 Å². The Morgan fingerprint density at radius 1 is 1.16 bits per heavy atom. The maximum absolute atomic E-state index is 13.9. The minimum atomic E-state index is -4.58. The smallest absolute Gasteiger partial charge is 0.330 e. The second-order valence-corrected chi connectivity index (χ2v) is 8.93. The van der Waals surface area contributed by atoms with Crippen molar-refractivity contribution in [2.24, 2.45) is 0 Å². The third-order valence-corrected chi connectivity index (χ3v) is 6.96. The van der Waals surface area contributed by atoms with Crippen molar-refractivity contribution in [2.45, 2.75) is 56.4 Å². The number of urea groups is 1. The van der Waals surface area contributed by atoms with Crippen molar-refractivity contribution in [3.8, 4) is 0 Å². The minimum Gasteiger partial charge on any atom is -0.330 e. The van der Waals surface area contributed by atoms with E-state index in [1.54, 1.807) is 19.1 Å². The molecule has 1 N–H and O–H groups in total. The number of hydrogen-bond acceptors (Lipinski definition) is 3. The van der Waals surface area contributed by atoms with Crippen molar-refractivity contribution < 1.29 is 22.4 Å². The Balaban J connectivity index is 1.58. The average molecular weight is 453 g/mol. The number of benzene rings is 1. The first kappa shape index (κ1) is 22.6. The van der Waals surface area contributed by atoms with Crippen molar-refractivity contribution in [1.29, 1.82) is 0 Å². The summed E-state index contributed by atoms with van der Waals surface area (Å²) in [5.74, 6) is -0.151. The Morgan fingerprint density at radius 2 is 1.84 bits per heavy atom. The lowest BCUT2D eigenvalue weighted by atomic mass is 9.69. The summed E-state index contributed by atoms with van der Waals surface area (Å²) in [5.41, 5.74) is -1.05. The number of rotatable bonds is 4. The summed E-state index contributed by atoms with van der Waals surface area (Å²) in [5, 5.41) is 6.66. The van der Waals surface area contributed by atoms with Crippen molar-refractivity contribution >= 4 is 11.8 Å². The molecule has 32 heavy (non-hydrogen) atoms. The van der Waals surface area contributed by atoms with Gasteiger partial charge in [-0.15, -0.1) is 0 Å². The standard InChI is InChI=1S/C22H27F4N5O/c1-4-31-18(13-17(28-31)22(24,25)26)30-14-20(27-19(30)32)8-10-21(11-9-20,29(2)3)15-6-5-7-16(23)12-15/h5-7,12-13H,4,8-11,14H2,1-3H3,(H,27,32)/t20-,21+. The fraction of sp³-hybridized carbons (Fsp3) is 0.545. The van der Waals surface area contributed by atoms with Gasteiger partial charge in [0.15, 0.2) is 5.69 Å². The van der Waals surface area contributed by atoms with E-state index in [1.165, 1.54) is 15.6 Å². The first-order valence-electron chi connectivity index (χ1n) is 10.7. The molecule has 0 atom stereocenters. The normalized spacial score (nSPS) is 26.2. The third kappa shape index (κ3) is 3.74. The number of nitrogens with one attached hydrogen (secondary N) is 1. The van der Waals surface area contributed by atoms with Crippen LogP contribution in [0.15, 0.2) is 30.3 Å². The van der Waals surface area contributed by atoms with E-state index in [1.807, 2.05) is 20.2 Å². The molecule has 1 aliphatic heterocycles. The van der Waals surface area contributed by atoms with Crippen molar-refractivity contribution in [2.75, 3.05) is 25.5 Å². The van der Waals surface area contributed by atoms with Crippen LogP contribution in [0.3, 0.4) is 0 Å². The van der Waals surface area contributed by atoms with Gasteiger partial charge in [-0.3, -0.25) is 9.80 Å². The van der Waals surface area contributed by atoms with E-state index in [9.17, 15) is 22.4 Å². The summed E-state index contributed by atoms with van der Waals surface area (Å²) in [7, 11) is 3.92. The molecule has 2 fully saturated rings. The number of carbonyl (C=O) groups is 1. The van der Waals surface area contributed by atoms with Crippen LogP contribution in [-0.4, -0.2) is 46.9 Å². The highest BCUT2D eigenvalue weighted by Gasteiger charge is 2.51. The monoisotopic (exact) mass is 453 g/mol. The number of amides is 2. The summed E-state index contributed by atoms with van der Waals surface area (Å²) in [6.45, 7) is 2.17. The van der Waals surface area contributed by atoms with Gasteiger partial charge >= 0.3 is 12.2 Å². The van der Waals surface area contributed by atoms with Crippen LogP contribution in [0.4, 0.5) is 28.2 Å². The zero-order chi connectivity index (χ0) is 23.3. The number of carbonyl (C=O) groups excluding carboxylic acids is 1. The van der Waals surface area contributed by atoms with Gasteiger partial charge in [-0.2, -0.15) is 18.3 Å². The van der Waals surface area contributed by atoms with Gasteiger partial charge in [0.1, 0.15) is 11.6 Å². The maximum Gasteiger partial charge on any atom is 0.435 e. The number of hydrogen-bond donors (Lipinski definition) is 1. The largest absolute Gasteiger partial charge is 0.435 e. The molecule has 2 heterocycles. The van der Waals surface area contributed by atoms with Gasteiger partial charge in [0.25, 0.3) is 0 Å². The van der Waals surface area contributed by atoms with Crippen LogP contribution < -0.4 is 10.2 Å². The molecule has 4 rings (SSSR count). The van der Waals surface area contributed by atoms with Crippen LogP contribution in [0.2, 0.25) is 0 Å². The lowest BCUT2D eigenvalue weighted by Crippen LogP contribution is -2.54. The summed E-state index contributed by atoms with van der Waals surface area (Å²) in [4.78, 5) is 16.3. The second-order valence-electron chi connectivity index (χ2n) is 8.93. The van der Waals surface area contributed by atoms with Crippen LogP contribution in [0.5, 0.6) is 0 Å². The third-order valence-electron chi connectivity index (χ3n) is 6.96. The van der Waals surface area contributed by atoms with Crippen LogP contribution in [0.1, 0.15) is 43.9 Å². The van der Waals surface area contributed by atoms with Gasteiger partial charge in [-0.25, -0.2) is 13.9 Å². The summed E-state index contributed by atoms with van der Waals surface area (Å²) >= 11 is 0. The fourth-order valence-electron chi connectivity index (χ4n) is 5.09. The molecule has 2 amide bonds. The summed E-state index contributed by atoms with van der Waals surface area (Å²) in [6.07, 6.45) is -1.98. The predicted octanol–water partition coefficient (Wildman–Crippen LogP) is 4.36. The van der Waals surface area contributed by atoms with Gasteiger partial charge in [-0.05, 0) is 64.4 Å². The SMILES string of the molecule is CCn1nc(C(F)(F)F)cc1N1C[C@]2(CC[C@](c3cccc(F)c3)(N(C)C)CC2)NC1=O. The minimum absolute atomic E-state index is 0.142. The van der Waals surface area contributed by atoms with E-state index in [0.29, 0.717) is 25.7 Å². The molecule has 2 aromatic rings. The van der Waals surface area contributed by atoms with Gasteiger partial charge in [0.2, 0.25) is 0 Å². The Labute approximate surface area is 184 Å². The molecule has 1 aliphatic carbocycles. The van der Waals surface area contributed by atoms with E-state index in [2.05, 4.69) is 15.3 Å². The highest BCUT2D eigenvalue weighted by atomic mass is 19.4. The molecule has 1 saturated carbocycles. The number of nitrogens with zero attached hydrogens (tertiary/aromatic N) is 4. The van der Waals surface area contributed by atoms with E-state index in [-0.39, 0.29) is 30.3 Å². The predicted molar refractivity (Wildman–Crippen MR) is 112 cm³/mol. The lowest BCUT2D eigenvalue weighted by molar-refractivity contribution is -0.141. The van der Waals surface area contributed by atoms with Gasteiger partial charge in [0.05, 0.1) is 12.1 Å². The van der Waals surface area contributed by atoms with Crippen molar-refractivity contribution in [3.63, 3.8) is 0 Å². The molecule has 0 bridgehead atoms. The molecule has 0 radical (unpaired) electrons. The fourth-order valence-corrected chi connectivity index (χ4v) is 5.09. The molecule has 1 saturated heterocycles. The average Bonchev–Trinajstić information content (AvgIpc) is 3.29. The first-order chi connectivity index (χ1) is 15.0. The molecule has 10 heteroatoms. The number of anilines is 1. The van der Waals surface area contributed by atoms with E-state index >= 15 is 0 Å². The van der Waals surface area contributed by atoms with Crippen LogP contribution in [0, 0.1) is 5.82 Å². The molecular formula is C22H27F4N5O. The van der Waals surface area contributed by atoms with Gasteiger partial charge < -0.3 is 5.32 Å². The number of aryl methyl sites for hydroxylation is 1. The molecule has 174 valence electrons. The summed E-state index contributed by atoms with van der Waals surface area (Å²) in [6, 6.07) is 7.09. The van der Waals surface area contributed by atoms with E-state index < -0.39 is 23.4 Å². The molecule has 1 aromatic heterocycles. The quantitative estimate of drug-likeness (QED) is 0.700. The molecule has 1 aromatic carbocycles. The Hall–Kier alpha value is -2.62. The Kier molecular flexibility index (Phi) is 5.47. The van der Waals surface area contributed by atoms with Gasteiger partial charge in [-0.1, -0.05) is 12.1 Å². The number of alkyl halides is 3.